The van der Waals surface area contributed by atoms with Crippen LogP contribution in [0.4, 0.5) is 0 Å². The monoisotopic (exact) mass is 212 g/mol. The summed E-state index contributed by atoms with van der Waals surface area (Å²) in [6, 6.07) is 0. The van der Waals surface area contributed by atoms with Gasteiger partial charge >= 0.3 is 0 Å². The number of unbranched alkanes of at least 4 members (excludes halogenated alkanes) is 2. The number of rotatable bonds is 5. The smallest absolute Gasteiger partial charge is 0.232 e. The molecule has 15 heavy (non-hydrogen) atoms. The Hall–Kier alpha value is -0.900. The van der Waals surface area contributed by atoms with Gasteiger partial charge in [-0.15, -0.1) is 0 Å². The third-order valence-corrected chi connectivity index (χ3v) is 3.15. The van der Waals surface area contributed by atoms with Crippen LogP contribution in [0.25, 0.3) is 0 Å². The summed E-state index contributed by atoms with van der Waals surface area (Å²) in [7, 11) is 0. The van der Waals surface area contributed by atoms with E-state index >= 15 is 0 Å². The maximum absolute atomic E-state index is 11.7. The maximum Gasteiger partial charge on any atom is 0.232 e. The molecule has 1 aliphatic heterocycles. The molecule has 1 aliphatic rings. The first kappa shape index (κ1) is 12.2. The molecule has 1 rings (SSSR count). The second kappa shape index (κ2) is 5.26. The highest BCUT2D eigenvalue weighted by molar-refractivity contribution is 6.04. The standard InChI is InChI=1S/C11H20N2O2/c1-8-9(2)11(15)13(10(8)14)7-5-3-4-6-12/h8-9H,3-7,12H2,1-2H3. The van der Waals surface area contributed by atoms with Gasteiger partial charge in [-0.3, -0.25) is 14.5 Å². The lowest BCUT2D eigenvalue weighted by Gasteiger charge is -2.13. The number of carbonyl (C=O) groups excluding carboxylic acids is 2. The molecule has 0 aromatic rings. The van der Waals surface area contributed by atoms with Crippen LogP contribution in [0.2, 0.25) is 0 Å². The highest BCUT2D eigenvalue weighted by Crippen LogP contribution is 2.25. The molecule has 0 aromatic carbocycles. The van der Waals surface area contributed by atoms with Crippen LogP contribution in [0.3, 0.4) is 0 Å². The first-order chi connectivity index (χ1) is 7.09. The fourth-order valence-corrected chi connectivity index (χ4v) is 1.84. The van der Waals surface area contributed by atoms with E-state index in [1.807, 2.05) is 13.8 Å². The van der Waals surface area contributed by atoms with Crippen molar-refractivity contribution < 1.29 is 9.59 Å². The van der Waals surface area contributed by atoms with Crippen LogP contribution in [0.1, 0.15) is 33.1 Å². The van der Waals surface area contributed by atoms with Gasteiger partial charge in [-0.25, -0.2) is 0 Å². The van der Waals surface area contributed by atoms with Crippen molar-refractivity contribution in [3.63, 3.8) is 0 Å². The maximum atomic E-state index is 11.7. The summed E-state index contributed by atoms with van der Waals surface area (Å²) in [5, 5.41) is 0. The van der Waals surface area contributed by atoms with Crippen LogP contribution in [0, 0.1) is 11.8 Å². The molecular weight excluding hydrogens is 192 g/mol. The van der Waals surface area contributed by atoms with Crippen LogP contribution in [0.5, 0.6) is 0 Å². The van der Waals surface area contributed by atoms with E-state index in [4.69, 9.17) is 5.73 Å². The number of nitrogens with zero attached hydrogens (tertiary/aromatic N) is 1. The van der Waals surface area contributed by atoms with Crippen molar-refractivity contribution in [1.82, 2.24) is 4.90 Å². The first-order valence-electron chi connectivity index (χ1n) is 5.65. The second-order valence-electron chi connectivity index (χ2n) is 4.25. The summed E-state index contributed by atoms with van der Waals surface area (Å²) in [6.07, 6.45) is 2.81. The molecule has 0 bridgehead atoms. The van der Waals surface area contributed by atoms with Crippen molar-refractivity contribution in [2.24, 2.45) is 17.6 Å². The van der Waals surface area contributed by atoms with Crippen LogP contribution in [-0.4, -0.2) is 29.8 Å². The van der Waals surface area contributed by atoms with Crippen molar-refractivity contribution in [3.8, 4) is 0 Å². The Kier molecular flexibility index (Phi) is 4.27. The van der Waals surface area contributed by atoms with E-state index in [1.165, 1.54) is 4.90 Å². The summed E-state index contributed by atoms with van der Waals surface area (Å²) in [5.41, 5.74) is 5.37. The molecular formula is C11H20N2O2. The molecule has 0 radical (unpaired) electrons. The van der Waals surface area contributed by atoms with Gasteiger partial charge in [0, 0.05) is 18.4 Å². The van der Waals surface area contributed by atoms with Gasteiger partial charge in [0.05, 0.1) is 0 Å². The van der Waals surface area contributed by atoms with Gasteiger partial charge in [-0.2, -0.15) is 0 Å². The third-order valence-electron chi connectivity index (χ3n) is 3.15. The molecule has 0 aliphatic carbocycles. The van der Waals surface area contributed by atoms with Crippen molar-refractivity contribution >= 4 is 11.8 Å². The van der Waals surface area contributed by atoms with E-state index in [2.05, 4.69) is 0 Å². The zero-order valence-electron chi connectivity index (χ0n) is 9.53. The Morgan fingerprint density at radius 1 is 1.07 bits per heavy atom. The number of nitrogens with two attached hydrogens (primary N) is 1. The molecule has 4 heteroatoms. The van der Waals surface area contributed by atoms with E-state index in [-0.39, 0.29) is 23.7 Å². The van der Waals surface area contributed by atoms with E-state index in [1.54, 1.807) is 0 Å². The Balaban J connectivity index is 2.41. The Morgan fingerprint density at radius 2 is 1.60 bits per heavy atom. The lowest BCUT2D eigenvalue weighted by Crippen LogP contribution is -2.31. The van der Waals surface area contributed by atoms with Crippen molar-refractivity contribution in [3.05, 3.63) is 0 Å². The van der Waals surface area contributed by atoms with Crippen LogP contribution < -0.4 is 5.73 Å². The van der Waals surface area contributed by atoms with Crippen molar-refractivity contribution in [2.75, 3.05) is 13.1 Å². The van der Waals surface area contributed by atoms with Gasteiger partial charge in [-0.05, 0) is 19.4 Å². The molecule has 86 valence electrons. The van der Waals surface area contributed by atoms with E-state index in [9.17, 15) is 9.59 Å². The number of hydrogen-bond donors (Lipinski definition) is 1. The summed E-state index contributed by atoms with van der Waals surface area (Å²) < 4.78 is 0. The predicted molar refractivity (Wildman–Crippen MR) is 58.0 cm³/mol. The van der Waals surface area contributed by atoms with E-state index in [0.717, 1.165) is 19.3 Å². The average molecular weight is 212 g/mol. The average Bonchev–Trinajstić information content (AvgIpc) is 2.41. The number of carbonyl (C=O) groups is 2. The highest BCUT2D eigenvalue weighted by atomic mass is 16.2. The lowest BCUT2D eigenvalue weighted by molar-refractivity contribution is -0.139. The topological polar surface area (TPSA) is 63.4 Å². The lowest BCUT2D eigenvalue weighted by atomic mass is 10.00. The van der Waals surface area contributed by atoms with Crippen LogP contribution in [-0.2, 0) is 9.59 Å². The Morgan fingerprint density at radius 3 is 2.07 bits per heavy atom. The fourth-order valence-electron chi connectivity index (χ4n) is 1.84. The molecule has 0 aromatic heterocycles. The first-order valence-corrected chi connectivity index (χ1v) is 5.65. The van der Waals surface area contributed by atoms with Gasteiger partial charge in [0.2, 0.25) is 11.8 Å². The molecule has 1 saturated heterocycles. The number of likely N-dealkylation sites (tertiary alicyclic amines) is 1. The highest BCUT2D eigenvalue weighted by Gasteiger charge is 2.41. The predicted octanol–water partition coefficient (Wildman–Crippen LogP) is 0.756. The molecule has 2 atom stereocenters. The fraction of sp³-hybridized carbons (Fsp3) is 0.818. The minimum atomic E-state index is -0.146. The van der Waals surface area contributed by atoms with Crippen molar-refractivity contribution in [2.45, 2.75) is 33.1 Å². The van der Waals surface area contributed by atoms with Gasteiger partial charge in [0.25, 0.3) is 0 Å². The zero-order valence-corrected chi connectivity index (χ0v) is 9.53. The largest absolute Gasteiger partial charge is 0.330 e. The summed E-state index contributed by atoms with van der Waals surface area (Å²) >= 11 is 0. The van der Waals surface area contributed by atoms with Crippen molar-refractivity contribution in [1.29, 1.82) is 0 Å². The Bertz CT molecular complexity index is 233. The number of amides is 2. The normalized spacial score (nSPS) is 26.5. The summed E-state index contributed by atoms with van der Waals surface area (Å²) in [6.45, 7) is 4.89. The Labute approximate surface area is 90.8 Å². The van der Waals surface area contributed by atoms with E-state index in [0.29, 0.717) is 13.1 Å². The summed E-state index contributed by atoms with van der Waals surface area (Å²) in [5.74, 6) is -0.320. The SMILES string of the molecule is CC1C(=O)N(CCCCCN)C(=O)C1C. The molecule has 2 amide bonds. The van der Waals surface area contributed by atoms with E-state index < -0.39 is 0 Å². The third kappa shape index (κ3) is 2.56. The number of hydrogen-bond acceptors (Lipinski definition) is 3. The van der Waals surface area contributed by atoms with Gasteiger partial charge < -0.3 is 5.73 Å². The minimum absolute atomic E-state index is 0.0137. The molecule has 0 saturated carbocycles. The minimum Gasteiger partial charge on any atom is -0.330 e. The van der Waals surface area contributed by atoms with Crippen LogP contribution >= 0.6 is 0 Å². The summed E-state index contributed by atoms with van der Waals surface area (Å²) in [4.78, 5) is 24.7. The number of imide groups is 1. The van der Waals surface area contributed by atoms with Gasteiger partial charge in [0.1, 0.15) is 0 Å². The molecule has 1 fully saturated rings. The molecule has 2 unspecified atom stereocenters. The second-order valence-corrected chi connectivity index (χ2v) is 4.25. The van der Waals surface area contributed by atoms with Crippen LogP contribution in [0.15, 0.2) is 0 Å². The molecule has 2 N–H and O–H groups in total. The quantitative estimate of drug-likeness (QED) is 0.540. The molecule has 0 spiro atoms. The molecule has 4 nitrogen and oxygen atoms in total. The van der Waals surface area contributed by atoms with Gasteiger partial charge in [-0.1, -0.05) is 20.3 Å². The van der Waals surface area contributed by atoms with Gasteiger partial charge in [0.15, 0.2) is 0 Å². The molecule has 1 heterocycles. The zero-order chi connectivity index (χ0) is 11.4.